The summed E-state index contributed by atoms with van der Waals surface area (Å²) in [4.78, 5) is 11.0. The maximum Gasteiger partial charge on any atom is 0.309 e. The van der Waals surface area contributed by atoms with Crippen LogP contribution in [0.1, 0.15) is 43.4 Å². The molecule has 0 saturated carbocycles. The molecule has 3 heteroatoms. The molecule has 1 rings (SSSR count). The third kappa shape index (κ3) is 4.27. The molecule has 0 atom stereocenters. The van der Waals surface area contributed by atoms with E-state index in [4.69, 9.17) is 9.84 Å². The fourth-order valence-electron chi connectivity index (χ4n) is 1.89. The van der Waals surface area contributed by atoms with Crippen LogP contribution >= 0.6 is 0 Å². The molecule has 1 aromatic carbocycles. The molecule has 0 aliphatic heterocycles. The summed E-state index contributed by atoms with van der Waals surface area (Å²) in [6, 6.07) is 4.17. The van der Waals surface area contributed by atoms with Gasteiger partial charge >= 0.3 is 5.97 Å². The van der Waals surface area contributed by atoms with Gasteiger partial charge in [0.25, 0.3) is 0 Å². The van der Waals surface area contributed by atoms with E-state index in [1.807, 2.05) is 13.0 Å². The Morgan fingerprint density at radius 1 is 1.16 bits per heavy atom. The Morgan fingerprint density at radius 2 is 1.74 bits per heavy atom. The highest BCUT2D eigenvalue weighted by molar-refractivity contribution is 5.73. The molecule has 19 heavy (non-hydrogen) atoms. The van der Waals surface area contributed by atoms with E-state index in [1.165, 1.54) is 11.1 Å². The Bertz CT molecular complexity index is 461. The van der Waals surface area contributed by atoms with Crippen molar-refractivity contribution in [2.45, 2.75) is 47.5 Å². The van der Waals surface area contributed by atoms with Crippen molar-refractivity contribution < 1.29 is 14.6 Å². The second-order valence-corrected chi connectivity index (χ2v) is 5.84. The van der Waals surface area contributed by atoms with Crippen molar-refractivity contribution in [3.63, 3.8) is 0 Å². The van der Waals surface area contributed by atoms with Gasteiger partial charge in [-0.05, 0) is 70.2 Å². The smallest absolute Gasteiger partial charge is 0.309 e. The van der Waals surface area contributed by atoms with Gasteiger partial charge < -0.3 is 9.84 Å². The lowest BCUT2D eigenvalue weighted by Crippen LogP contribution is -2.24. The summed E-state index contributed by atoms with van der Waals surface area (Å²) in [5.74, 6) is 0.145. The van der Waals surface area contributed by atoms with Crippen LogP contribution in [0.4, 0.5) is 0 Å². The second kappa shape index (κ2) is 6.09. The Kier molecular flexibility index (Phi) is 4.98. The molecule has 0 unspecified atom stereocenters. The van der Waals surface area contributed by atoms with Gasteiger partial charge in [-0.3, -0.25) is 4.79 Å². The first-order chi connectivity index (χ1) is 8.74. The minimum Gasteiger partial charge on any atom is -0.493 e. The second-order valence-electron chi connectivity index (χ2n) is 5.84. The first-order valence-corrected chi connectivity index (χ1v) is 6.68. The van der Waals surface area contributed by atoms with Gasteiger partial charge in [0, 0.05) is 0 Å². The van der Waals surface area contributed by atoms with Crippen molar-refractivity contribution in [3.8, 4) is 5.75 Å². The van der Waals surface area contributed by atoms with Crippen LogP contribution in [-0.2, 0) is 4.79 Å². The van der Waals surface area contributed by atoms with Crippen LogP contribution in [-0.4, -0.2) is 17.7 Å². The normalized spacial score (nSPS) is 11.4. The van der Waals surface area contributed by atoms with Crippen LogP contribution < -0.4 is 4.74 Å². The quantitative estimate of drug-likeness (QED) is 0.793. The van der Waals surface area contributed by atoms with E-state index in [0.29, 0.717) is 13.0 Å². The average Bonchev–Trinajstić information content (AvgIpc) is 2.30. The lowest BCUT2D eigenvalue weighted by atomic mass is 9.88. The first kappa shape index (κ1) is 15.5. The number of carboxylic acids is 1. The number of benzene rings is 1. The highest BCUT2D eigenvalue weighted by Crippen LogP contribution is 2.25. The molecule has 0 saturated heterocycles. The molecule has 0 fully saturated rings. The van der Waals surface area contributed by atoms with E-state index in [-0.39, 0.29) is 0 Å². The first-order valence-electron chi connectivity index (χ1n) is 6.68. The molecule has 1 aromatic rings. The molecule has 0 amide bonds. The zero-order chi connectivity index (χ0) is 14.6. The maximum absolute atomic E-state index is 11.0. The molecular weight excluding hydrogens is 240 g/mol. The van der Waals surface area contributed by atoms with Gasteiger partial charge in [0.15, 0.2) is 0 Å². The summed E-state index contributed by atoms with van der Waals surface area (Å²) in [6.07, 6.45) is 1.36. The molecule has 0 aliphatic rings. The third-order valence-corrected chi connectivity index (χ3v) is 3.57. The number of aliphatic carboxylic acids is 1. The highest BCUT2D eigenvalue weighted by atomic mass is 16.5. The molecule has 0 radical (unpaired) electrons. The van der Waals surface area contributed by atoms with Crippen LogP contribution in [0.15, 0.2) is 12.1 Å². The molecule has 1 N–H and O–H groups in total. The van der Waals surface area contributed by atoms with Crippen molar-refractivity contribution in [3.05, 3.63) is 28.8 Å². The molecular formula is C16H24O3. The zero-order valence-electron chi connectivity index (χ0n) is 12.5. The van der Waals surface area contributed by atoms with Crippen molar-refractivity contribution in [1.82, 2.24) is 0 Å². The number of hydrogen-bond acceptors (Lipinski definition) is 2. The van der Waals surface area contributed by atoms with E-state index < -0.39 is 11.4 Å². The summed E-state index contributed by atoms with van der Waals surface area (Å²) in [6.45, 7) is 10.2. The summed E-state index contributed by atoms with van der Waals surface area (Å²) in [5, 5.41) is 9.03. The van der Waals surface area contributed by atoms with E-state index in [2.05, 4.69) is 19.9 Å². The fraction of sp³-hybridized carbons (Fsp3) is 0.562. The van der Waals surface area contributed by atoms with E-state index in [0.717, 1.165) is 17.7 Å². The summed E-state index contributed by atoms with van der Waals surface area (Å²) in [7, 11) is 0. The highest BCUT2D eigenvalue weighted by Gasteiger charge is 2.26. The summed E-state index contributed by atoms with van der Waals surface area (Å²) < 4.78 is 5.75. The van der Waals surface area contributed by atoms with Crippen LogP contribution in [0.2, 0.25) is 0 Å². The number of rotatable bonds is 6. The maximum atomic E-state index is 11.0. The van der Waals surface area contributed by atoms with E-state index in [1.54, 1.807) is 13.8 Å². The number of carboxylic acid groups (broad SMARTS) is 1. The number of aryl methyl sites for hydroxylation is 3. The molecule has 106 valence electrons. The van der Waals surface area contributed by atoms with Gasteiger partial charge in [0.05, 0.1) is 12.0 Å². The number of ether oxygens (including phenoxy) is 1. The predicted octanol–water partition coefficient (Wildman–Crippen LogP) is 3.88. The summed E-state index contributed by atoms with van der Waals surface area (Å²) >= 11 is 0. The van der Waals surface area contributed by atoms with E-state index in [9.17, 15) is 4.79 Å². The van der Waals surface area contributed by atoms with Gasteiger partial charge in [-0.15, -0.1) is 0 Å². The zero-order valence-corrected chi connectivity index (χ0v) is 12.5. The van der Waals surface area contributed by atoms with Gasteiger partial charge in [-0.1, -0.05) is 6.07 Å². The van der Waals surface area contributed by atoms with Gasteiger partial charge in [0.2, 0.25) is 0 Å². The standard InChI is InChI=1S/C16H24O3/c1-11-9-13(3)14(10-12(11)2)19-8-6-7-16(4,5)15(17)18/h9-10H,6-8H2,1-5H3,(H,17,18). The van der Waals surface area contributed by atoms with Gasteiger partial charge in [-0.2, -0.15) is 0 Å². The molecule has 3 nitrogen and oxygen atoms in total. The SMILES string of the molecule is Cc1cc(C)c(OCCCC(C)(C)C(=O)O)cc1C. The van der Waals surface area contributed by atoms with Crippen molar-refractivity contribution in [1.29, 1.82) is 0 Å². The Balaban J connectivity index is 2.51. The van der Waals surface area contributed by atoms with Crippen molar-refractivity contribution in [2.24, 2.45) is 5.41 Å². The molecule has 0 heterocycles. The number of hydrogen-bond donors (Lipinski definition) is 1. The number of carbonyl (C=O) groups is 1. The van der Waals surface area contributed by atoms with E-state index >= 15 is 0 Å². The Labute approximate surface area is 115 Å². The minimum atomic E-state index is -0.755. The minimum absolute atomic E-state index is 0.556. The molecule has 0 bridgehead atoms. The topological polar surface area (TPSA) is 46.5 Å². The molecule has 0 aromatic heterocycles. The van der Waals surface area contributed by atoms with Crippen LogP contribution in [0.5, 0.6) is 5.75 Å². The fourth-order valence-corrected chi connectivity index (χ4v) is 1.89. The largest absolute Gasteiger partial charge is 0.493 e. The van der Waals surface area contributed by atoms with Gasteiger partial charge in [0.1, 0.15) is 5.75 Å². The predicted molar refractivity (Wildman–Crippen MR) is 76.8 cm³/mol. The van der Waals surface area contributed by atoms with Crippen LogP contribution in [0, 0.1) is 26.2 Å². The monoisotopic (exact) mass is 264 g/mol. The molecule has 0 spiro atoms. The molecule has 0 aliphatic carbocycles. The Morgan fingerprint density at radius 3 is 2.32 bits per heavy atom. The Hall–Kier alpha value is -1.51. The average molecular weight is 264 g/mol. The lowest BCUT2D eigenvalue weighted by Gasteiger charge is -2.19. The third-order valence-electron chi connectivity index (χ3n) is 3.57. The summed E-state index contributed by atoms with van der Waals surface area (Å²) in [5.41, 5.74) is 2.92. The van der Waals surface area contributed by atoms with Crippen LogP contribution in [0.3, 0.4) is 0 Å². The van der Waals surface area contributed by atoms with Crippen molar-refractivity contribution in [2.75, 3.05) is 6.61 Å². The van der Waals surface area contributed by atoms with Crippen LogP contribution in [0.25, 0.3) is 0 Å². The van der Waals surface area contributed by atoms with Gasteiger partial charge in [-0.25, -0.2) is 0 Å². The van der Waals surface area contributed by atoms with Crippen molar-refractivity contribution >= 4 is 5.97 Å². The lowest BCUT2D eigenvalue weighted by molar-refractivity contribution is -0.147.